The fraction of sp³-hybridized carbons (Fsp3) is 0.0877. The molecule has 10 rings (SSSR count). The van der Waals surface area contributed by atoms with Crippen LogP contribution in [0.1, 0.15) is 47.9 Å². The van der Waals surface area contributed by atoms with Gasteiger partial charge in [0.1, 0.15) is 0 Å². The second-order valence-electron chi connectivity index (χ2n) is 15.6. The molecule has 2 aliphatic rings. The van der Waals surface area contributed by atoms with E-state index < -0.39 is 0 Å². The molecule has 0 aliphatic heterocycles. The third-order valence-corrected chi connectivity index (χ3v) is 12.1. The lowest BCUT2D eigenvalue weighted by Crippen LogP contribution is -2.20. The molecule has 8 aromatic carbocycles. The van der Waals surface area contributed by atoms with Gasteiger partial charge in [-0.25, -0.2) is 0 Å². The molecular weight excluding hydrogens is 699 g/mol. The van der Waals surface area contributed by atoms with Gasteiger partial charge in [-0.05, 0) is 104 Å². The van der Waals surface area contributed by atoms with E-state index in [2.05, 4.69) is 230 Å². The van der Waals surface area contributed by atoms with E-state index in [0.29, 0.717) is 5.92 Å². The minimum Gasteiger partial charge on any atom is -0.313 e. The number of nitrogens with zero attached hydrogens (tertiary/aromatic N) is 1. The Labute approximate surface area is 342 Å². The second kappa shape index (κ2) is 15.5. The number of hydrogen-bond acceptors (Lipinski definition) is 1. The summed E-state index contributed by atoms with van der Waals surface area (Å²) in [6, 6.07) is 71.2. The van der Waals surface area contributed by atoms with Crippen LogP contribution in [0.5, 0.6) is 0 Å². The Morgan fingerprint density at radius 1 is 0.466 bits per heavy atom. The molecule has 1 nitrogen and oxygen atoms in total. The molecule has 0 saturated carbocycles. The summed E-state index contributed by atoms with van der Waals surface area (Å²) < 4.78 is 0. The van der Waals surface area contributed by atoms with Crippen LogP contribution in [0.15, 0.2) is 218 Å². The highest BCUT2D eigenvalue weighted by atomic mass is 15.2. The molecule has 0 bridgehead atoms. The maximum Gasteiger partial charge on any atom is 0.0537 e. The summed E-state index contributed by atoms with van der Waals surface area (Å²) in [6.07, 6.45) is 11.3. The summed E-state index contributed by atoms with van der Waals surface area (Å²) in [7, 11) is 0. The second-order valence-corrected chi connectivity index (χ2v) is 15.6. The highest BCUT2D eigenvalue weighted by Gasteiger charge is 2.30. The van der Waals surface area contributed by atoms with Gasteiger partial charge in [-0.3, -0.25) is 0 Å². The van der Waals surface area contributed by atoms with Gasteiger partial charge in [0.2, 0.25) is 0 Å². The first kappa shape index (κ1) is 35.5. The quantitative estimate of drug-likeness (QED) is 0.150. The molecule has 2 atom stereocenters. The summed E-state index contributed by atoms with van der Waals surface area (Å²) in [5.74, 6) is 0.595. The zero-order valence-corrected chi connectivity index (χ0v) is 32.8. The Morgan fingerprint density at radius 2 is 1.10 bits per heavy atom. The van der Waals surface area contributed by atoms with Gasteiger partial charge in [-0.15, -0.1) is 0 Å². The molecular formula is C57H45N. The molecule has 1 heteroatoms. The van der Waals surface area contributed by atoms with Crippen LogP contribution in [0.2, 0.25) is 0 Å². The highest BCUT2D eigenvalue weighted by Crippen LogP contribution is 2.50. The Morgan fingerprint density at radius 3 is 1.90 bits per heavy atom. The number of para-hydroxylation sites is 1. The number of rotatable bonds is 8. The van der Waals surface area contributed by atoms with E-state index in [4.69, 9.17) is 0 Å². The number of allylic oxidation sites excluding steroid dienone is 5. The Kier molecular flexibility index (Phi) is 9.49. The van der Waals surface area contributed by atoms with E-state index in [-0.39, 0.29) is 5.92 Å². The van der Waals surface area contributed by atoms with Gasteiger partial charge in [-0.1, -0.05) is 201 Å². The lowest BCUT2D eigenvalue weighted by atomic mass is 9.73. The van der Waals surface area contributed by atoms with Crippen LogP contribution in [0.4, 0.5) is 11.4 Å². The molecule has 0 saturated heterocycles. The zero-order chi connectivity index (χ0) is 38.8. The van der Waals surface area contributed by atoms with Crippen molar-refractivity contribution in [2.24, 2.45) is 5.92 Å². The molecule has 8 aromatic rings. The van der Waals surface area contributed by atoms with Gasteiger partial charge in [0.15, 0.2) is 0 Å². The molecule has 278 valence electrons. The van der Waals surface area contributed by atoms with Crippen molar-refractivity contribution in [3.63, 3.8) is 0 Å². The predicted octanol–water partition coefficient (Wildman–Crippen LogP) is 15.5. The molecule has 0 amide bonds. The monoisotopic (exact) mass is 743 g/mol. The van der Waals surface area contributed by atoms with Crippen molar-refractivity contribution in [3.05, 3.63) is 240 Å². The van der Waals surface area contributed by atoms with Crippen LogP contribution in [0.25, 0.3) is 55.8 Å². The third-order valence-electron chi connectivity index (χ3n) is 12.1. The van der Waals surface area contributed by atoms with Crippen LogP contribution in [-0.4, -0.2) is 0 Å². The van der Waals surface area contributed by atoms with E-state index in [0.717, 1.165) is 12.8 Å². The van der Waals surface area contributed by atoms with Gasteiger partial charge < -0.3 is 4.90 Å². The predicted molar refractivity (Wildman–Crippen MR) is 247 cm³/mol. The zero-order valence-electron chi connectivity index (χ0n) is 32.8. The van der Waals surface area contributed by atoms with Crippen LogP contribution in [0, 0.1) is 5.92 Å². The first-order valence-electron chi connectivity index (χ1n) is 20.6. The molecule has 0 heterocycles. The number of hydrogen-bond donors (Lipinski definition) is 0. The molecule has 0 N–H and O–H groups in total. The maximum atomic E-state index is 2.57. The average molecular weight is 744 g/mol. The van der Waals surface area contributed by atoms with E-state index in [9.17, 15) is 0 Å². The lowest BCUT2D eigenvalue weighted by molar-refractivity contribution is 0.620. The smallest absolute Gasteiger partial charge is 0.0537 e. The topological polar surface area (TPSA) is 3.24 Å². The standard InChI is InChI=1S/C57H45N/c1-40-31-32-46-25-16-29-52(57(46)56(40)45-22-9-4-10-23-45)51-27-13-14-30-54(51)58(48-36-33-44(34-37-48)50-28-15-24-42-21-11-12-26-49(42)50)55-38-35-47(41-17-5-2-6-18-41)39-53(55)43-19-7-3-8-20-43/h2-33,35-36,38-40,56H,34,37H2,1H3. The summed E-state index contributed by atoms with van der Waals surface area (Å²) in [5, 5.41) is 2.59. The Balaban J connectivity index is 1.20. The lowest BCUT2D eigenvalue weighted by Gasteiger charge is -2.35. The fourth-order valence-electron chi connectivity index (χ4n) is 9.34. The van der Waals surface area contributed by atoms with Crippen molar-refractivity contribution in [2.75, 3.05) is 4.90 Å². The molecule has 0 radical (unpaired) electrons. The number of anilines is 2. The van der Waals surface area contributed by atoms with Crippen molar-refractivity contribution in [3.8, 4) is 33.4 Å². The summed E-state index contributed by atoms with van der Waals surface area (Å²) in [6.45, 7) is 2.36. The van der Waals surface area contributed by atoms with Crippen molar-refractivity contribution < 1.29 is 0 Å². The molecule has 0 spiro atoms. The van der Waals surface area contributed by atoms with Gasteiger partial charge in [0.25, 0.3) is 0 Å². The minimum absolute atomic E-state index is 0.240. The minimum atomic E-state index is 0.240. The van der Waals surface area contributed by atoms with E-state index in [1.54, 1.807) is 0 Å². The average Bonchev–Trinajstić information content (AvgIpc) is 3.30. The van der Waals surface area contributed by atoms with Crippen molar-refractivity contribution in [2.45, 2.75) is 25.7 Å². The van der Waals surface area contributed by atoms with Gasteiger partial charge >= 0.3 is 0 Å². The Hall–Kier alpha value is -6.96. The SMILES string of the molecule is CC1C=Cc2cccc(-c3ccccc3N(C3=CC=C(c4cccc5ccccc45)CC3)c3ccc(-c4ccccc4)cc3-c3ccccc3)c2C1c1ccccc1. The van der Waals surface area contributed by atoms with Crippen LogP contribution < -0.4 is 4.90 Å². The van der Waals surface area contributed by atoms with Crippen molar-refractivity contribution in [1.82, 2.24) is 0 Å². The van der Waals surface area contributed by atoms with Crippen LogP contribution in [0.3, 0.4) is 0 Å². The molecule has 0 fully saturated rings. The van der Waals surface area contributed by atoms with Gasteiger partial charge in [0.05, 0.1) is 11.4 Å². The molecule has 0 aromatic heterocycles. The van der Waals surface area contributed by atoms with Crippen molar-refractivity contribution >= 4 is 33.8 Å². The van der Waals surface area contributed by atoms with Crippen LogP contribution >= 0.6 is 0 Å². The summed E-state index contributed by atoms with van der Waals surface area (Å²) in [4.78, 5) is 2.57. The van der Waals surface area contributed by atoms with Crippen LogP contribution in [-0.2, 0) is 0 Å². The molecule has 2 aliphatic carbocycles. The van der Waals surface area contributed by atoms with Gasteiger partial charge in [0, 0.05) is 22.7 Å². The summed E-state index contributed by atoms with van der Waals surface area (Å²) >= 11 is 0. The fourth-order valence-corrected chi connectivity index (χ4v) is 9.34. The normalized spacial score (nSPS) is 16.0. The molecule has 58 heavy (non-hydrogen) atoms. The van der Waals surface area contributed by atoms with Gasteiger partial charge in [-0.2, -0.15) is 0 Å². The maximum absolute atomic E-state index is 2.57. The van der Waals surface area contributed by atoms with E-state index in [1.807, 2.05) is 0 Å². The first-order chi connectivity index (χ1) is 28.7. The molecule has 2 unspecified atom stereocenters. The van der Waals surface area contributed by atoms with Crippen molar-refractivity contribution in [1.29, 1.82) is 0 Å². The largest absolute Gasteiger partial charge is 0.313 e. The third kappa shape index (κ3) is 6.59. The Bertz CT molecular complexity index is 2840. The van der Waals surface area contributed by atoms with E-state index in [1.165, 1.54) is 89.1 Å². The highest BCUT2D eigenvalue weighted by molar-refractivity contribution is 5.96. The first-order valence-corrected chi connectivity index (χ1v) is 20.6. The number of benzene rings is 8. The van der Waals surface area contributed by atoms with E-state index >= 15 is 0 Å². The number of fused-ring (bicyclic) bond motifs is 2. The summed E-state index contributed by atoms with van der Waals surface area (Å²) in [5.41, 5.74) is 17.7.